The predicted octanol–water partition coefficient (Wildman–Crippen LogP) is 2.33. The summed E-state index contributed by atoms with van der Waals surface area (Å²) in [6, 6.07) is 3.80. The number of rotatable bonds is 7. The number of aliphatic hydroxyl groups is 1. The second-order valence-corrected chi connectivity index (χ2v) is 9.90. The smallest absolute Gasteiger partial charge is 0.237 e. The van der Waals surface area contributed by atoms with E-state index in [-0.39, 0.29) is 17.5 Å². The van der Waals surface area contributed by atoms with Gasteiger partial charge in [-0.2, -0.15) is 0 Å². The maximum absolute atomic E-state index is 13.0. The summed E-state index contributed by atoms with van der Waals surface area (Å²) in [6.45, 7) is 8.73. The molecule has 1 aromatic heterocycles. The van der Waals surface area contributed by atoms with E-state index in [1.807, 2.05) is 39.1 Å². The summed E-state index contributed by atoms with van der Waals surface area (Å²) >= 11 is 0. The van der Waals surface area contributed by atoms with Gasteiger partial charge in [-0.3, -0.25) is 14.7 Å². The minimum absolute atomic E-state index is 0.108. The summed E-state index contributed by atoms with van der Waals surface area (Å²) in [5, 5.41) is 17.1. The Morgan fingerprint density at radius 2 is 2.07 bits per heavy atom. The van der Waals surface area contributed by atoms with Crippen LogP contribution in [0.25, 0.3) is 0 Å². The molecule has 2 heterocycles. The van der Waals surface area contributed by atoms with E-state index >= 15 is 0 Å². The van der Waals surface area contributed by atoms with Gasteiger partial charge in [0.25, 0.3) is 0 Å². The van der Waals surface area contributed by atoms with Crippen LogP contribution in [0.5, 0.6) is 0 Å². The van der Waals surface area contributed by atoms with Crippen LogP contribution in [0, 0.1) is 11.8 Å². The Balaban J connectivity index is 1.57. The molecule has 1 aliphatic carbocycles. The Morgan fingerprint density at radius 1 is 1.31 bits per heavy atom. The Labute approximate surface area is 175 Å². The van der Waals surface area contributed by atoms with Crippen molar-refractivity contribution < 1.29 is 9.90 Å². The molecule has 1 saturated carbocycles. The molecule has 3 rings (SSSR count). The highest BCUT2D eigenvalue weighted by Gasteiger charge is 2.40. The number of fused-ring (bicyclic) bond motifs is 1. The number of nitrogens with one attached hydrogen (secondary N) is 2. The third kappa shape index (κ3) is 6.76. The first-order valence-electron chi connectivity index (χ1n) is 11.2. The normalized spacial score (nSPS) is 26.6. The van der Waals surface area contributed by atoms with Crippen molar-refractivity contribution in [2.24, 2.45) is 11.8 Å². The molecule has 1 amide bonds. The van der Waals surface area contributed by atoms with Crippen LogP contribution in [-0.4, -0.2) is 58.2 Å². The van der Waals surface area contributed by atoms with Gasteiger partial charge in [-0.05, 0) is 57.1 Å². The largest absolute Gasteiger partial charge is 0.390 e. The Morgan fingerprint density at radius 3 is 2.76 bits per heavy atom. The van der Waals surface area contributed by atoms with Crippen LogP contribution in [0.3, 0.4) is 0 Å². The number of aromatic nitrogens is 1. The van der Waals surface area contributed by atoms with Crippen LogP contribution in [0.4, 0.5) is 0 Å². The van der Waals surface area contributed by atoms with Gasteiger partial charge in [0.15, 0.2) is 0 Å². The Hall–Kier alpha value is -1.50. The van der Waals surface area contributed by atoms with E-state index in [1.165, 1.54) is 25.7 Å². The summed E-state index contributed by atoms with van der Waals surface area (Å²) < 4.78 is 0. The van der Waals surface area contributed by atoms with E-state index in [4.69, 9.17) is 0 Å². The van der Waals surface area contributed by atoms with E-state index in [9.17, 15) is 9.90 Å². The van der Waals surface area contributed by atoms with Crippen LogP contribution < -0.4 is 10.6 Å². The molecule has 0 spiro atoms. The number of β-amino-alcohol motifs (C(OH)–C–C–N with tert-alkyl or cyclic N) is 1. The van der Waals surface area contributed by atoms with Crippen LogP contribution in [0.2, 0.25) is 0 Å². The molecule has 2 aliphatic rings. The molecule has 162 valence electrons. The molecule has 0 bridgehead atoms. The molecule has 2 fully saturated rings. The number of carbonyl (C=O) groups is 1. The number of aliphatic hydroxyl groups excluding tert-OH is 1. The molecule has 1 aliphatic heterocycles. The quantitative estimate of drug-likeness (QED) is 0.653. The zero-order valence-corrected chi connectivity index (χ0v) is 18.2. The van der Waals surface area contributed by atoms with Crippen molar-refractivity contribution in [3.05, 3.63) is 30.1 Å². The number of hydrogen-bond donors (Lipinski definition) is 3. The van der Waals surface area contributed by atoms with E-state index in [0.717, 1.165) is 18.5 Å². The van der Waals surface area contributed by atoms with Gasteiger partial charge in [-0.25, -0.2) is 0 Å². The fraction of sp³-hybridized carbons (Fsp3) is 0.739. The number of carbonyl (C=O) groups excluding carboxylic acids is 1. The minimum Gasteiger partial charge on any atom is -0.390 e. The highest BCUT2D eigenvalue weighted by molar-refractivity contribution is 5.82. The SMILES string of the molecule is CC(C)(C)NC(=O)[C@@H]1C[C@@H]2CCCC[C@@H]2CN1C[C@H](O)CNCc1cccnc1. The summed E-state index contributed by atoms with van der Waals surface area (Å²) in [5.74, 6) is 1.42. The molecule has 0 aromatic carbocycles. The van der Waals surface area contributed by atoms with E-state index in [2.05, 4.69) is 20.5 Å². The number of hydrogen-bond acceptors (Lipinski definition) is 5. The van der Waals surface area contributed by atoms with Crippen LogP contribution in [0.1, 0.15) is 58.4 Å². The number of amides is 1. The molecular weight excluding hydrogens is 364 g/mol. The maximum atomic E-state index is 13.0. The summed E-state index contributed by atoms with van der Waals surface area (Å²) in [4.78, 5) is 19.4. The van der Waals surface area contributed by atoms with Gasteiger partial charge in [0.05, 0.1) is 12.1 Å². The van der Waals surface area contributed by atoms with Crippen LogP contribution >= 0.6 is 0 Å². The lowest BCUT2D eigenvalue weighted by Gasteiger charge is -2.46. The molecule has 0 radical (unpaired) electrons. The summed E-state index contributed by atoms with van der Waals surface area (Å²) in [5.41, 5.74) is 0.862. The second kappa shape index (κ2) is 10.0. The zero-order valence-electron chi connectivity index (χ0n) is 18.2. The van der Waals surface area contributed by atoms with Gasteiger partial charge < -0.3 is 15.7 Å². The third-order valence-electron chi connectivity index (χ3n) is 6.18. The fourth-order valence-electron chi connectivity index (χ4n) is 4.85. The first kappa shape index (κ1) is 22.2. The van der Waals surface area contributed by atoms with Crippen molar-refractivity contribution in [3.63, 3.8) is 0 Å². The highest BCUT2D eigenvalue weighted by atomic mass is 16.3. The lowest BCUT2D eigenvalue weighted by molar-refractivity contribution is -0.132. The van der Waals surface area contributed by atoms with Crippen molar-refractivity contribution in [2.75, 3.05) is 19.6 Å². The highest BCUT2D eigenvalue weighted by Crippen LogP contribution is 2.38. The molecule has 1 aromatic rings. The maximum Gasteiger partial charge on any atom is 0.237 e. The number of piperidine rings is 1. The summed E-state index contributed by atoms with van der Waals surface area (Å²) in [7, 11) is 0. The molecule has 4 atom stereocenters. The number of pyridine rings is 1. The van der Waals surface area contributed by atoms with Crippen molar-refractivity contribution in [1.82, 2.24) is 20.5 Å². The zero-order chi connectivity index (χ0) is 20.9. The molecule has 1 saturated heterocycles. The lowest BCUT2D eigenvalue weighted by Crippen LogP contribution is -2.59. The molecule has 0 unspecified atom stereocenters. The molecule has 6 nitrogen and oxygen atoms in total. The minimum atomic E-state index is -0.503. The topological polar surface area (TPSA) is 77.5 Å². The van der Waals surface area contributed by atoms with E-state index in [0.29, 0.717) is 31.5 Å². The average molecular weight is 403 g/mol. The molecular formula is C23H38N4O2. The van der Waals surface area contributed by atoms with Crippen molar-refractivity contribution in [2.45, 2.75) is 77.1 Å². The van der Waals surface area contributed by atoms with Gasteiger partial charge in [0.2, 0.25) is 5.91 Å². The predicted molar refractivity (Wildman–Crippen MR) is 115 cm³/mol. The van der Waals surface area contributed by atoms with Gasteiger partial charge in [-0.1, -0.05) is 25.3 Å². The van der Waals surface area contributed by atoms with Crippen molar-refractivity contribution >= 4 is 5.91 Å². The molecule has 3 N–H and O–H groups in total. The standard InChI is InChI=1S/C23H38N4O2/c1-23(2,3)26-22(29)21-11-18-8-4-5-9-19(18)15-27(21)16-20(28)14-25-13-17-7-6-10-24-12-17/h6-7,10,12,18-21,25,28H,4-5,8-9,11,13-16H2,1-3H3,(H,26,29)/t18-,19+,20+,21-/m0/s1. The van der Waals surface area contributed by atoms with Gasteiger partial charge in [0.1, 0.15) is 0 Å². The first-order chi connectivity index (χ1) is 13.8. The van der Waals surface area contributed by atoms with Crippen LogP contribution in [0.15, 0.2) is 24.5 Å². The van der Waals surface area contributed by atoms with Gasteiger partial charge in [0, 0.05) is 44.1 Å². The first-order valence-corrected chi connectivity index (χ1v) is 11.2. The van der Waals surface area contributed by atoms with Gasteiger partial charge in [-0.15, -0.1) is 0 Å². The Kier molecular flexibility index (Phi) is 7.66. The van der Waals surface area contributed by atoms with Crippen molar-refractivity contribution in [1.29, 1.82) is 0 Å². The fourth-order valence-corrected chi connectivity index (χ4v) is 4.85. The average Bonchev–Trinajstić information content (AvgIpc) is 2.67. The summed E-state index contributed by atoms with van der Waals surface area (Å²) in [6.07, 6.45) is 9.09. The third-order valence-corrected chi connectivity index (χ3v) is 6.18. The number of likely N-dealkylation sites (tertiary alicyclic amines) is 1. The monoisotopic (exact) mass is 402 g/mol. The molecule has 29 heavy (non-hydrogen) atoms. The lowest BCUT2D eigenvalue weighted by atomic mass is 9.72. The van der Waals surface area contributed by atoms with E-state index < -0.39 is 6.10 Å². The van der Waals surface area contributed by atoms with Crippen molar-refractivity contribution in [3.8, 4) is 0 Å². The second-order valence-electron chi connectivity index (χ2n) is 9.90. The van der Waals surface area contributed by atoms with E-state index in [1.54, 1.807) is 6.20 Å². The van der Waals surface area contributed by atoms with Gasteiger partial charge >= 0.3 is 0 Å². The molecule has 6 heteroatoms. The van der Waals surface area contributed by atoms with Crippen LogP contribution in [-0.2, 0) is 11.3 Å². The number of nitrogens with zero attached hydrogens (tertiary/aromatic N) is 2. The Bertz CT molecular complexity index is 646.